The number of carbonyl (C=O) groups excluding carboxylic acids is 1. The summed E-state index contributed by atoms with van der Waals surface area (Å²) in [4.78, 5) is 14.1. The van der Waals surface area contributed by atoms with Crippen molar-refractivity contribution in [3.63, 3.8) is 0 Å². The fraction of sp³-hybridized carbons (Fsp3) is 0.111. The lowest BCUT2D eigenvalue weighted by Crippen LogP contribution is -2.46. The van der Waals surface area contributed by atoms with Gasteiger partial charge in [0.1, 0.15) is 23.6 Å². The summed E-state index contributed by atoms with van der Waals surface area (Å²) in [7, 11) is 1.58. The molecule has 0 aromatic heterocycles. The van der Waals surface area contributed by atoms with Crippen LogP contribution in [0.3, 0.4) is 0 Å². The van der Waals surface area contributed by atoms with E-state index in [4.69, 9.17) is 16.3 Å². The number of nitriles is 1. The highest BCUT2D eigenvalue weighted by Crippen LogP contribution is 2.36. The van der Waals surface area contributed by atoms with Crippen molar-refractivity contribution in [3.8, 4) is 11.8 Å². The van der Waals surface area contributed by atoms with E-state index in [1.807, 2.05) is 30.3 Å². The molecule has 1 N–H and O–H groups in total. The first-order valence-electron chi connectivity index (χ1n) is 7.38. The fourth-order valence-corrected chi connectivity index (χ4v) is 3.13. The molecule has 2 aromatic rings. The molecule has 2 aromatic carbocycles. The minimum atomic E-state index is -0.534. The van der Waals surface area contributed by atoms with Crippen molar-refractivity contribution in [1.82, 2.24) is 5.32 Å². The van der Waals surface area contributed by atoms with Crippen LogP contribution in [0.4, 0.5) is 5.69 Å². The van der Waals surface area contributed by atoms with Crippen LogP contribution in [0, 0.1) is 11.3 Å². The monoisotopic (exact) mass is 371 g/mol. The SMILES string of the molecule is COc1cccc(C2NC(=O)C(C#N)=C(S)N2c2ccc(Cl)cc2)c1. The standard InChI is InChI=1S/C18H14ClN3O2S/c1-24-14-4-2-3-11(9-14)16-21-17(23)15(10-20)18(25)22(16)13-7-5-12(19)6-8-13/h2-9,16,25H,1H3,(H,21,23). The Bertz CT molecular complexity index is 890. The highest BCUT2D eigenvalue weighted by atomic mass is 35.5. The third kappa shape index (κ3) is 3.29. The van der Waals surface area contributed by atoms with Gasteiger partial charge >= 0.3 is 0 Å². The van der Waals surface area contributed by atoms with Crippen molar-refractivity contribution >= 4 is 35.8 Å². The Morgan fingerprint density at radius 2 is 2.00 bits per heavy atom. The van der Waals surface area contributed by atoms with E-state index in [0.29, 0.717) is 10.8 Å². The second-order valence-corrected chi connectivity index (χ2v) is 6.17. The van der Waals surface area contributed by atoms with Crippen LogP contribution in [0.1, 0.15) is 11.7 Å². The lowest BCUT2D eigenvalue weighted by Gasteiger charge is -2.38. The molecule has 0 saturated carbocycles. The number of benzene rings is 2. The molecule has 7 heteroatoms. The third-order valence-corrected chi connectivity index (χ3v) is 4.52. The van der Waals surface area contributed by atoms with E-state index in [2.05, 4.69) is 17.9 Å². The number of nitrogens with zero attached hydrogens (tertiary/aromatic N) is 2. The number of thiol groups is 1. The van der Waals surface area contributed by atoms with Crippen LogP contribution in [-0.2, 0) is 4.79 Å². The summed E-state index contributed by atoms with van der Waals surface area (Å²) >= 11 is 10.4. The second kappa shape index (κ2) is 7.09. The topological polar surface area (TPSA) is 65.4 Å². The van der Waals surface area contributed by atoms with E-state index in [-0.39, 0.29) is 10.6 Å². The average Bonchev–Trinajstić information content (AvgIpc) is 2.63. The third-order valence-electron chi connectivity index (χ3n) is 3.83. The Morgan fingerprint density at radius 1 is 1.28 bits per heavy atom. The molecule has 126 valence electrons. The molecule has 1 aliphatic rings. The van der Waals surface area contributed by atoms with Crippen LogP contribution in [0.15, 0.2) is 59.1 Å². The van der Waals surface area contributed by atoms with Gasteiger partial charge in [0.2, 0.25) is 0 Å². The van der Waals surface area contributed by atoms with Crippen LogP contribution in [0.2, 0.25) is 5.02 Å². The van der Waals surface area contributed by atoms with Crippen LogP contribution >= 0.6 is 24.2 Å². The summed E-state index contributed by atoms with van der Waals surface area (Å²) in [6.07, 6.45) is -0.534. The van der Waals surface area contributed by atoms with E-state index in [0.717, 1.165) is 11.3 Å². The molecular formula is C18H14ClN3O2S. The maximum atomic E-state index is 12.3. The number of halogens is 1. The molecule has 1 heterocycles. The van der Waals surface area contributed by atoms with Gasteiger partial charge in [-0.2, -0.15) is 5.26 Å². The number of rotatable bonds is 3. The molecule has 1 atom stereocenters. The van der Waals surface area contributed by atoms with Gasteiger partial charge in [0.15, 0.2) is 0 Å². The van der Waals surface area contributed by atoms with Crippen LogP contribution in [0.5, 0.6) is 5.75 Å². The van der Waals surface area contributed by atoms with Gasteiger partial charge in [-0.3, -0.25) is 4.79 Å². The van der Waals surface area contributed by atoms with Gasteiger partial charge in [0.05, 0.1) is 12.1 Å². The average molecular weight is 372 g/mol. The Labute approximate surface area is 155 Å². The quantitative estimate of drug-likeness (QED) is 0.808. The van der Waals surface area contributed by atoms with Gasteiger partial charge in [-0.15, -0.1) is 12.6 Å². The maximum Gasteiger partial charge on any atom is 0.266 e. The Balaban J connectivity index is 2.15. The zero-order valence-corrected chi connectivity index (χ0v) is 14.9. The second-order valence-electron chi connectivity index (χ2n) is 5.31. The van der Waals surface area contributed by atoms with Gasteiger partial charge in [-0.1, -0.05) is 23.7 Å². The van der Waals surface area contributed by atoms with Crippen molar-refractivity contribution < 1.29 is 9.53 Å². The number of amides is 1. The molecule has 0 radical (unpaired) electrons. The highest BCUT2D eigenvalue weighted by Gasteiger charge is 2.34. The first kappa shape index (κ1) is 17.2. The van der Waals surface area contributed by atoms with Gasteiger partial charge in [0, 0.05) is 10.7 Å². The lowest BCUT2D eigenvalue weighted by atomic mass is 10.1. The van der Waals surface area contributed by atoms with E-state index in [1.165, 1.54) is 0 Å². The molecule has 0 aliphatic carbocycles. The molecule has 0 saturated heterocycles. The first-order chi connectivity index (χ1) is 12.0. The first-order valence-corrected chi connectivity index (χ1v) is 8.20. The Morgan fingerprint density at radius 3 is 2.64 bits per heavy atom. The van der Waals surface area contributed by atoms with Gasteiger partial charge in [-0.05, 0) is 42.0 Å². The van der Waals surface area contributed by atoms with E-state index in [9.17, 15) is 10.1 Å². The van der Waals surface area contributed by atoms with Crippen molar-refractivity contribution in [1.29, 1.82) is 5.26 Å². The van der Waals surface area contributed by atoms with Gasteiger partial charge in [-0.25, -0.2) is 0 Å². The summed E-state index contributed by atoms with van der Waals surface area (Å²) in [6.45, 7) is 0. The van der Waals surface area contributed by atoms with Crippen molar-refractivity contribution in [2.45, 2.75) is 6.17 Å². The number of nitrogens with one attached hydrogen (secondary N) is 1. The lowest BCUT2D eigenvalue weighted by molar-refractivity contribution is -0.118. The van der Waals surface area contributed by atoms with E-state index in [1.54, 1.807) is 36.3 Å². The van der Waals surface area contributed by atoms with Gasteiger partial charge < -0.3 is 15.0 Å². The molecule has 25 heavy (non-hydrogen) atoms. The molecule has 1 aliphatic heterocycles. The van der Waals surface area contributed by atoms with Gasteiger partial charge in [0.25, 0.3) is 5.91 Å². The smallest absolute Gasteiger partial charge is 0.266 e. The predicted molar refractivity (Wildman–Crippen MR) is 99.4 cm³/mol. The van der Waals surface area contributed by atoms with Crippen LogP contribution in [0.25, 0.3) is 0 Å². The molecule has 0 bridgehead atoms. The summed E-state index contributed by atoms with van der Waals surface area (Å²) in [5.41, 5.74) is 1.50. The number of ether oxygens (including phenoxy) is 1. The largest absolute Gasteiger partial charge is 0.497 e. The normalized spacial score (nSPS) is 17.1. The van der Waals surface area contributed by atoms with Crippen LogP contribution < -0.4 is 15.0 Å². The van der Waals surface area contributed by atoms with Crippen molar-refractivity contribution in [2.24, 2.45) is 0 Å². The minimum Gasteiger partial charge on any atom is -0.497 e. The number of anilines is 1. The highest BCUT2D eigenvalue weighted by molar-refractivity contribution is 7.84. The van der Waals surface area contributed by atoms with Crippen LogP contribution in [-0.4, -0.2) is 13.0 Å². The number of methoxy groups -OCH3 is 1. The van der Waals surface area contributed by atoms with E-state index < -0.39 is 12.1 Å². The molecule has 1 amide bonds. The number of hydrogen-bond acceptors (Lipinski definition) is 5. The molecule has 3 rings (SSSR count). The maximum absolute atomic E-state index is 12.3. The zero-order valence-electron chi connectivity index (χ0n) is 13.2. The molecule has 0 spiro atoms. The Kier molecular flexibility index (Phi) is 4.88. The van der Waals surface area contributed by atoms with E-state index >= 15 is 0 Å². The van der Waals surface area contributed by atoms with Crippen molar-refractivity contribution in [3.05, 3.63) is 69.7 Å². The Hall–Kier alpha value is -2.62. The predicted octanol–water partition coefficient (Wildman–Crippen LogP) is 3.65. The molecule has 5 nitrogen and oxygen atoms in total. The fourth-order valence-electron chi connectivity index (χ4n) is 2.62. The molecular weight excluding hydrogens is 358 g/mol. The van der Waals surface area contributed by atoms with Crippen molar-refractivity contribution in [2.75, 3.05) is 12.0 Å². The number of hydrogen-bond donors (Lipinski definition) is 2. The summed E-state index contributed by atoms with van der Waals surface area (Å²) < 4.78 is 5.27. The minimum absolute atomic E-state index is 0.0440. The summed E-state index contributed by atoms with van der Waals surface area (Å²) in [5, 5.41) is 13.0. The molecule has 0 fully saturated rings. The summed E-state index contributed by atoms with van der Waals surface area (Å²) in [5.74, 6) is 0.198. The number of carbonyl (C=O) groups is 1. The summed E-state index contributed by atoms with van der Waals surface area (Å²) in [6, 6.07) is 16.3. The zero-order chi connectivity index (χ0) is 18.0. The molecule has 1 unspecified atom stereocenters.